The minimum absolute atomic E-state index is 0.0156. The molecule has 11 heteroatoms. The van der Waals surface area contributed by atoms with Crippen LogP contribution in [0.5, 0.6) is 0 Å². The van der Waals surface area contributed by atoms with Crippen LogP contribution in [0.3, 0.4) is 0 Å². The number of carbonyl (C=O) groups is 3. The molecule has 0 radical (unpaired) electrons. The number of hydrogen-bond donors (Lipinski definition) is 1. The van der Waals surface area contributed by atoms with Crippen LogP contribution in [0.25, 0.3) is 0 Å². The van der Waals surface area contributed by atoms with Gasteiger partial charge in [-0.05, 0) is 48.8 Å². The average molecular weight is 531 g/mol. The van der Waals surface area contributed by atoms with Gasteiger partial charge in [0.1, 0.15) is 0 Å². The number of ketones is 1. The van der Waals surface area contributed by atoms with Gasteiger partial charge in [0.25, 0.3) is 11.8 Å². The zero-order chi connectivity index (χ0) is 27.4. The lowest BCUT2D eigenvalue weighted by molar-refractivity contribution is -0.191. The fraction of sp³-hybridized carbons (Fsp3) is 0.577. The summed E-state index contributed by atoms with van der Waals surface area (Å²) in [5, 5.41) is 1.70. The molecule has 1 aromatic carbocycles. The van der Waals surface area contributed by atoms with Gasteiger partial charge in [-0.1, -0.05) is 39.2 Å². The van der Waals surface area contributed by atoms with Crippen LogP contribution in [0.4, 0.5) is 26.3 Å². The van der Waals surface area contributed by atoms with Crippen molar-refractivity contribution in [2.75, 3.05) is 6.54 Å². The number of hydrogen-bond acceptors (Lipinski definition) is 3. The largest absolute Gasteiger partial charge is 0.425 e. The quantitative estimate of drug-likeness (QED) is 0.501. The molecule has 202 valence electrons. The van der Waals surface area contributed by atoms with E-state index < -0.39 is 57.6 Å². The van der Waals surface area contributed by atoms with E-state index in [1.807, 2.05) is 0 Å². The molecule has 0 bridgehead atoms. The second-order valence-electron chi connectivity index (χ2n) is 11.0. The van der Waals surface area contributed by atoms with Gasteiger partial charge in [0.2, 0.25) is 5.54 Å². The lowest BCUT2D eigenvalue weighted by atomic mass is 9.72. The third-order valence-electron chi connectivity index (χ3n) is 7.46. The topological polar surface area (TPSA) is 66.5 Å². The molecule has 1 N–H and O–H groups in total. The fourth-order valence-electron chi connectivity index (χ4n) is 5.73. The van der Waals surface area contributed by atoms with Crippen LogP contribution >= 0.6 is 0 Å². The molecule has 1 saturated carbocycles. The third-order valence-corrected chi connectivity index (χ3v) is 7.46. The van der Waals surface area contributed by atoms with Gasteiger partial charge in [-0.25, -0.2) is 0 Å². The Morgan fingerprint density at radius 2 is 1.68 bits per heavy atom. The van der Waals surface area contributed by atoms with Crippen LogP contribution in [0.15, 0.2) is 35.5 Å². The molecule has 4 rings (SSSR count). The van der Waals surface area contributed by atoms with Crippen molar-refractivity contribution in [1.29, 1.82) is 0 Å². The summed E-state index contributed by atoms with van der Waals surface area (Å²) in [4.78, 5) is 40.9. The molecule has 1 aliphatic heterocycles. The highest BCUT2D eigenvalue weighted by Gasteiger charge is 2.71. The number of carbonyl (C=O) groups excluding carboxylic acids is 3. The number of allylic oxidation sites excluding steroid dienone is 1. The summed E-state index contributed by atoms with van der Waals surface area (Å²) in [7, 11) is 0. The van der Waals surface area contributed by atoms with Gasteiger partial charge >= 0.3 is 12.4 Å². The summed E-state index contributed by atoms with van der Waals surface area (Å²) >= 11 is 0. The molecule has 37 heavy (non-hydrogen) atoms. The predicted octanol–water partition coefficient (Wildman–Crippen LogP) is 5.80. The molecule has 5 nitrogen and oxygen atoms in total. The Morgan fingerprint density at radius 3 is 2.27 bits per heavy atom. The number of benzene rings is 1. The highest BCUT2D eigenvalue weighted by Crippen LogP contribution is 2.52. The van der Waals surface area contributed by atoms with Gasteiger partial charge in [-0.2, -0.15) is 26.3 Å². The molecular weight excluding hydrogens is 502 g/mol. The van der Waals surface area contributed by atoms with Gasteiger partial charge in [-0.15, -0.1) is 0 Å². The third kappa shape index (κ3) is 4.88. The molecule has 3 aliphatic rings. The van der Waals surface area contributed by atoms with Crippen LogP contribution in [0.1, 0.15) is 74.7 Å². The number of alkyl halides is 6. The van der Waals surface area contributed by atoms with Crippen molar-refractivity contribution in [2.24, 2.45) is 11.3 Å². The van der Waals surface area contributed by atoms with Crippen molar-refractivity contribution in [1.82, 2.24) is 10.2 Å². The van der Waals surface area contributed by atoms with Crippen molar-refractivity contribution in [3.63, 3.8) is 0 Å². The summed E-state index contributed by atoms with van der Waals surface area (Å²) in [6, 6.07) is 2.91. The van der Waals surface area contributed by atoms with Crippen molar-refractivity contribution in [3.05, 3.63) is 46.7 Å². The normalized spacial score (nSPS) is 24.9. The number of halogens is 6. The van der Waals surface area contributed by atoms with Crippen molar-refractivity contribution in [2.45, 2.75) is 76.7 Å². The summed E-state index contributed by atoms with van der Waals surface area (Å²) in [6.45, 7) is 3.41. The lowest BCUT2D eigenvalue weighted by Gasteiger charge is -2.35. The standard InChI is InChI=1S/C26H28F6N2O3/c1-23(2)12-18-20(19(35)13-23)24(26(30,31)32,22(37)34(18)14-15-7-4-3-5-8-15)33-21(36)16-9-6-10-17(11-16)25(27,28)29/h6,9-11,15H,3-5,7-8,12-14H2,1-2H3,(H,33,36). The fourth-order valence-corrected chi connectivity index (χ4v) is 5.73. The summed E-state index contributed by atoms with van der Waals surface area (Å²) in [5.41, 5.74) is -7.20. The number of nitrogens with one attached hydrogen (secondary N) is 1. The van der Waals surface area contributed by atoms with Crippen LogP contribution in [0, 0.1) is 11.3 Å². The van der Waals surface area contributed by atoms with Crippen molar-refractivity contribution < 1.29 is 40.7 Å². The Kier molecular flexibility index (Phi) is 6.73. The first kappa shape index (κ1) is 27.2. The minimum atomic E-state index is -5.42. The minimum Gasteiger partial charge on any atom is -0.326 e. The monoisotopic (exact) mass is 530 g/mol. The molecule has 2 aliphatic carbocycles. The first-order valence-corrected chi connectivity index (χ1v) is 12.2. The summed E-state index contributed by atoms with van der Waals surface area (Å²) in [6.07, 6.45) is -6.32. The van der Waals surface area contributed by atoms with E-state index in [2.05, 4.69) is 0 Å². The molecular formula is C26H28F6N2O3. The van der Waals surface area contributed by atoms with Crippen LogP contribution in [0.2, 0.25) is 0 Å². The van der Waals surface area contributed by atoms with E-state index in [0.29, 0.717) is 12.1 Å². The Hall–Kier alpha value is -2.85. The summed E-state index contributed by atoms with van der Waals surface area (Å²) in [5.74, 6) is -3.98. The van der Waals surface area contributed by atoms with E-state index >= 15 is 0 Å². The second-order valence-corrected chi connectivity index (χ2v) is 11.0. The molecule has 2 amide bonds. The first-order valence-electron chi connectivity index (χ1n) is 12.2. The average Bonchev–Trinajstić information content (AvgIpc) is 3.01. The van der Waals surface area contributed by atoms with Crippen molar-refractivity contribution >= 4 is 17.6 Å². The maximum atomic E-state index is 14.9. The molecule has 0 saturated heterocycles. The van der Waals surface area contributed by atoms with E-state index in [1.54, 1.807) is 19.2 Å². The maximum Gasteiger partial charge on any atom is 0.425 e. The van der Waals surface area contributed by atoms with E-state index in [9.17, 15) is 40.7 Å². The van der Waals surface area contributed by atoms with Gasteiger partial charge < -0.3 is 10.2 Å². The molecule has 1 heterocycles. The van der Waals surface area contributed by atoms with Gasteiger partial charge in [0, 0.05) is 24.2 Å². The first-order chi connectivity index (χ1) is 17.1. The molecule has 0 spiro atoms. The smallest absolute Gasteiger partial charge is 0.326 e. The van der Waals surface area contributed by atoms with Crippen LogP contribution in [-0.2, 0) is 15.8 Å². The van der Waals surface area contributed by atoms with Gasteiger partial charge in [0.05, 0.1) is 11.1 Å². The molecule has 1 fully saturated rings. The van der Waals surface area contributed by atoms with Crippen LogP contribution in [-0.4, -0.2) is 40.8 Å². The van der Waals surface area contributed by atoms with E-state index in [1.165, 1.54) is 0 Å². The van der Waals surface area contributed by atoms with Gasteiger partial charge in [-0.3, -0.25) is 14.4 Å². The maximum absolute atomic E-state index is 14.9. The zero-order valence-electron chi connectivity index (χ0n) is 20.5. The molecule has 1 atom stereocenters. The SMILES string of the molecule is CC1(C)CC(=O)C2=C(C1)N(CC1CCCCC1)C(=O)C2(NC(=O)c1cccc(C(F)(F)F)c1)C(F)(F)F. The molecule has 0 aromatic heterocycles. The van der Waals surface area contributed by atoms with E-state index in [0.717, 1.165) is 49.1 Å². The Labute approximate surface area is 210 Å². The summed E-state index contributed by atoms with van der Waals surface area (Å²) < 4.78 is 84.1. The lowest BCUT2D eigenvalue weighted by Crippen LogP contribution is -2.66. The number of amides is 2. The Morgan fingerprint density at radius 1 is 1.03 bits per heavy atom. The highest BCUT2D eigenvalue weighted by molar-refractivity contribution is 6.14. The van der Waals surface area contributed by atoms with Gasteiger partial charge in [0.15, 0.2) is 5.78 Å². The van der Waals surface area contributed by atoms with E-state index in [-0.39, 0.29) is 31.0 Å². The molecule has 1 unspecified atom stereocenters. The number of rotatable bonds is 4. The van der Waals surface area contributed by atoms with E-state index in [4.69, 9.17) is 0 Å². The van der Waals surface area contributed by atoms with Crippen LogP contribution < -0.4 is 5.32 Å². The number of nitrogens with zero attached hydrogens (tertiary/aromatic N) is 1. The predicted molar refractivity (Wildman–Crippen MR) is 121 cm³/mol. The highest BCUT2D eigenvalue weighted by atomic mass is 19.4. The Balaban J connectivity index is 1.81. The number of Topliss-reactive ketones (excluding diaryl/α,β-unsaturated/α-hetero) is 1. The van der Waals surface area contributed by atoms with Crippen molar-refractivity contribution in [3.8, 4) is 0 Å². The molecule has 1 aromatic rings. The zero-order valence-corrected chi connectivity index (χ0v) is 20.5. The second kappa shape index (κ2) is 9.16. The Bertz CT molecular complexity index is 1150.